The van der Waals surface area contributed by atoms with Crippen LogP contribution in [0, 0.1) is 11.7 Å². The number of nitrogens with zero attached hydrogens (tertiary/aromatic N) is 2. The lowest BCUT2D eigenvalue weighted by molar-refractivity contribution is -0.130. The highest BCUT2D eigenvalue weighted by atomic mass is 32.1. The van der Waals surface area contributed by atoms with Crippen molar-refractivity contribution < 1.29 is 18.7 Å². The zero-order valence-electron chi connectivity index (χ0n) is 17.0. The fourth-order valence-corrected chi connectivity index (χ4v) is 3.83. The zero-order chi connectivity index (χ0) is 22.0. The Labute approximate surface area is 182 Å². The number of hydrogen-bond acceptors (Lipinski definition) is 6. The molecule has 3 heterocycles. The van der Waals surface area contributed by atoms with Crippen LogP contribution in [0.25, 0.3) is 10.6 Å². The van der Waals surface area contributed by atoms with Crippen LogP contribution in [0.15, 0.2) is 47.8 Å². The Balaban J connectivity index is 1.53. The van der Waals surface area contributed by atoms with Crippen LogP contribution in [0.5, 0.6) is 5.75 Å². The number of halogens is 1. The quantitative estimate of drug-likeness (QED) is 0.544. The number of ether oxygens (including phenoxy) is 1. The van der Waals surface area contributed by atoms with E-state index in [-0.39, 0.29) is 30.3 Å². The number of thiophene rings is 1. The molecule has 2 amide bonds. The van der Waals surface area contributed by atoms with Crippen LogP contribution >= 0.6 is 11.3 Å². The summed E-state index contributed by atoms with van der Waals surface area (Å²) < 4.78 is 20.0. The summed E-state index contributed by atoms with van der Waals surface area (Å²) in [7, 11) is 0. The third kappa shape index (κ3) is 4.75. The maximum atomic E-state index is 13.0. The Bertz CT molecular complexity index is 1070. The molecule has 1 saturated heterocycles. The first-order valence-corrected chi connectivity index (χ1v) is 10.7. The summed E-state index contributed by atoms with van der Waals surface area (Å²) in [5.74, 6) is -0.282. The molecule has 1 aliphatic rings. The van der Waals surface area contributed by atoms with E-state index in [9.17, 15) is 14.0 Å². The Kier molecular flexibility index (Phi) is 6.01. The van der Waals surface area contributed by atoms with Crippen molar-refractivity contribution in [3.8, 4) is 16.3 Å². The van der Waals surface area contributed by atoms with Gasteiger partial charge in [-0.1, -0.05) is 13.0 Å². The summed E-state index contributed by atoms with van der Waals surface area (Å²) in [4.78, 5) is 25.8. The molecule has 3 N–H and O–H groups in total. The van der Waals surface area contributed by atoms with E-state index >= 15 is 0 Å². The van der Waals surface area contributed by atoms with Gasteiger partial charge in [-0.25, -0.2) is 9.07 Å². The third-order valence-corrected chi connectivity index (χ3v) is 5.96. The molecule has 2 aromatic heterocycles. The number of nitrogens with one attached hydrogen (secondary N) is 3. The molecule has 0 aliphatic carbocycles. The predicted molar refractivity (Wildman–Crippen MR) is 115 cm³/mol. The molecular weight excluding hydrogens is 421 g/mol. The Morgan fingerprint density at radius 1 is 1.29 bits per heavy atom. The van der Waals surface area contributed by atoms with E-state index in [0.717, 1.165) is 4.88 Å². The van der Waals surface area contributed by atoms with Crippen molar-refractivity contribution in [2.45, 2.75) is 26.2 Å². The summed E-state index contributed by atoms with van der Waals surface area (Å²) in [6, 6.07) is 10.9. The van der Waals surface area contributed by atoms with Gasteiger partial charge >= 0.3 is 0 Å². The highest BCUT2D eigenvalue weighted by Crippen LogP contribution is 2.28. The number of rotatable bonds is 6. The van der Waals surface area contributed by atoms with Gasteiger partial charge < -0.3 is 15.4 Å². The number of amides is 2. The second-order valence-electron chi connectivity index (χ2n) is 7.28. The Morgan fingerprint density at radius 2 is 2.06 bits per heavy atom. The first kappa shape index (κ1) is 21.0. The summed E-state index contributed by atoms with van der Waals surface area (Å²) in [5, 5.41) is 15.5. The molecule has 1 fully saturated rings. The molecule has 4 rings (SSSR count). The average Bonchev–Trinajstić information content (AvgIpc) is 3.41. The molecule has 8 nitrogen and oxygen atoms in total. The molecule has 0 saturated carbocycles. The second-order valence-corrected chi connectivity index (χ2v) is 8.23. The van der Waals surface area contributed by atoms with E-state index in [1.807, 2.05) is 31.4 Å². The van der Waals surface area contributed by atoms with E-state index < -0.39 is 12.2 Å². The van der Waals surface area contributed by atoms with Gasteiger partial charge in [-0.2, -0.15) is 5.10 Å². The van der Waals surface area contributed by atoms with Gasteiger partial charge in [-0.05, 0) is 42.6 Å². The smallest absolute Gasteiger partial charge is 0.263 e. The number of hydrogen-bond donors (Lipinski definition) is 3. The molecule has 0 radical (unpaired) electrons. The van der Waals surface area contributed by atoms with Crippen LogP contribution < -0.4 is 20.7 Å². The summed E-state index contributed by atoms with van der Waals surface area (Å²) in [5.41, 5.74) is 0.673. The van der Waals surface area contributed by atoms with Crippen LogP contribution in [-0.4, -0.2) is 34.2 Å². The highest BCUT2D eigenvalue weighted by molar-refractivity contribution is 7.13. The monoisotopic (exact) mass is 443 g/mol. The molecule has 3 aromatic rings. The molecule has 10 heteroatoms. The predicted octanol–water partition coefficient (Wildman–Crippen LogP) is 2.97. The van der Waals surface area contributed by atoms with Crippen LogP contribution in [0.3, 0.4) is 0 Å². The zero-order valence-corrected chi connectivity index (χ0v) is 17.8. The first-order valence-electron chi connectivity index (χ1n) is 9.79. The summed E-state index contributed by atoms with van der Waals surface area (Å²) in [6.45, 7) is 3.51. The molecule has 31 heavy (non-hydrogen) atoms. The number of aromatic nitrogens is 2. The van der Waals surface area contributed by atoms with E-state index in [4.69, 9.17) is 4.74 Å². The van der Waals surface area contributed by atoms with Crippen molar-refractivity contribution >= 4 is 29.0 Å². The minimum Gasteiger partial charge on any atom is -0.484 e. The van der Waals surface area contributed by atoms with Crippen LogP contribution in [0.1, 0.15) is 20.1 Å². The molecule has 1 aliphatic heterocycles. The third-order valence-electron chi connectivity index (χ3n) is 5.07. The van der Waals surface area contributed by atoms with E-state index in [2.05, 4.69) is 21.0 Å². The van der Waals surface area contributed by atoms with Crippen molar-refractivity contribution in [3.63, 3.8) is 0 Å². The van der Waals surface area contributed by atoms with Gasteiger partial charge in [0.05, 0.1) is 10.8 Å². The van der Waals surface area contributed by atoms with Gasteiger partial charge in [0.1, 0.15) is 23.1 Å². The molecule has 3 unspecified atom stereocenters. The molecule has 1 aromatic carbocycles. The number of carbonyl (C=O) groups is 2. The first-order chi connectivity index (χ1) is 14.9. The maximum Gasteiger partial charge on any atom is 0.263 e. The highest BCUT2D eigenvalue weighted by Gasteiger charge is 2.32. The van der Waals surface area contributed by atoms with Crippen LogP contribution in [-0.2, 0) is 9.59 Å². The summed E-state index contributed by atoms with van der Waals surface area (Å²) in [6.07, 6.45) is -0.610. The second kappa shape index (κ2) is 8.86. The van der Waals surface area contributed by atoms with Crippen molar-refractivity contribution in [1.29, 1.82) is 0 Å². The van der Waals surface area contributed by atoms with Crippen molar-refractivity contribution in [2.24, 2.45) is 5.92 Å². The fourth-order valence-electron chi connectivity index (χ4n) is 3.15. The van der Waals surface area contributed by atoms with Gasteiger partial charge in [0.25, 0.3) is 5.91 Å². The molecule has 3 atom stereocenters. The van der Waals surface area contributed by atoms with E-state index in [1.54, 1.807) is 10.7 Å². The maximum absolute atomic E-state index is 13.0. The van der Waals surface area contributed by atoms with E-state index in [1.165, 1.54) is 35.6 Å². The normalized spacial score (nSPS) is 20.9. The lowest BCUT2D eigenvalue weighted by Gasteiger charge is -2.34. The van der Waals surface area contributed by atoms with Crippen molar-refractivity contribution in [2.75, 3.05) is 11.9 Å². The van der Waals surface area contributed by atoms with Crippen molar-refractivity contribution in [3.05, 3.63) is 53.7 Å². The Hall–Kier alpha value is -3.24. The Morgan fingerprint density at radius 3 is 2.74 bits per heavy atom. The SMILES string of the molecule is CC1NC(n2nc(-c3cccs3)cc2NC(=O)COc2ccc(F)cc2)NC(=O)C1C. The lowest BCUT2D eigenvalue weighted by atomic mass is 10.0. The van der Waals surface area contributed by atoms with Gasteiger partial charge in [0.2, 0.25) is 5.91 Å². The topological polar surface area (TPSA) is 97.3 Å². The van der Waals surface area contributed by atoms with E-state index in [0.29, 0.717) is 17.3 Å². The van der Waals surface area contributed by atoms with Gasteiger partial charge in [0, 0.05) is 12.1 Å². The van der Waals surface area contributed by atoms with Gasteiger partial charge in [0.15, 0.2) is 12.9 Å². The molecule has 0 bridgehead atoms. The average molecular weight is 444 g/mol. The van der Waals surface area contributed by atoms with Crippen LogP contribution in [0.2, 0.25) is 0 Å². The number of benzene rings is 1. The molecular formula is C21H22FN5O3S. The minimum atomic E-state index is -0.610. The van der Waals surface area contributed by atoms with Crippen LogP contribution in [0.4, 0.5) is 10.2 Å². The van der Waals surface area contributed by atoms with Crippen molar-refractivity contribution in [1.82, 2.24) is 20.4 Å². The molecule has 0 spiro atoms. The summed E-state index contributed by atoms with van der Waals surface area (Å²) >= 11 is 1.52. The van der Waals surface area contributed by atoms with Gasteiger partial charge in [-0.15, -0.1) is 11.3 Å². The lowest BCUT2D eigenvalue weighted by Crippen LogP contribution is -2.57. The number of carbonyl (C=O) groups excluding carboxylic acids is 2. The largest absolute Gasteiger partial charge is 0.484 e. The minimum absolute atomic E-state index is 0.0708. The fraction of sp³-hybridized carbons (Fsp3) is 0.286. The standard InChI is InChI=1S/C21H22FN5O3S/c1-12-13(2)23-21(25-20(12)29)27-18(10-16(26-27)17-4-3-9-31-17)24-19(28)11-30-15-7-5-14(22)6-8-15/h3-10,12-13,21,23H,11H2,1-2H3,(H,24,28)(H,25,29). The van der Waals surface area contributed by atoms with Gasteiger partial charge in [-0.3, -0.25) is 14.9 Å². The number of anilines is 1. The molecule has 162 valence electrons.